The number of anilines is 1. The van der Waals surface area contributed by atoms with Crippen molar-refractivity contribution >= 4 is 27.4 Å². The van der Waals surface area contributed by atoms with Crippen molar-refractivity contribution in [1.82, 2.24) is 4.31 Å². The van der Waals surface area contributed by atoms with Gasteiger partial charge in [0, 0.05) is 30.3 Å². The summed E-state index contributed by atoms with van der Waals surface area (Å²) in [6, 6.07) is 13.6. The van der Waals surface area contributed by atoms with Crippen molar-refractivity contribution < 1.29 is 18.0 Å². The van der Waals surface area contributed by atoms with Gasteiger partial charge >= 0.3 is 0 Å². The Morgan fingerprint density at radius 2 is 1.54 bits per heavy atom. The molecule has 1 heterocycles. The Balaban J connectivity index is 1.59. The van der Waals surface area contributed by atoms with Crippen LogP contribution in [0.4, 0.5) is 5.69 Å². The largest absolute Gasteiger partial charge is 0.326 e. The number of aryl methyl sites for hydroxylation is 1. The van der Waals surface area contributed by atoms with Crippen molar-refractivity contribution in [3.8, 4) is 0 Å². The third-order valence-electron chi connectivity index (χ3n) is 5.04. The molecule has 3 rings (SSSR count). The van der Waals surface area contributed by atoms with Gasteiger partial charge in [-0.25, -0.2) is 8.42 Å². The van der Waals surface area contributed by atoms with E-state index in [2.05, 4.69) is 5.32 Å². The van der Waals surface area contributed by atoms with E-state index in [-0.39, 0.29) is 22.5 Å². The molecular formula is C21H24N2O4S. The molecule has 0 saturated carbocycles. The summed E-state index contributed by atoms with van der Waals surface area (Å²) in [7, 11) is -3.53. The molecule has 0 aliphatic carbocycles. The van der Waals surface area contributed by atoms with E-state index in [0.717, 1.165) is 5.56 Å². The third-order valence-corrected chi connectivity index (χ3v) is 6.96. The summed E-state index contributed by atoms with van der Waals surface area (Å²) in [5.41, 5.74) is 2.22. The smallest absolute Gasteiger partial charge is 0.243 e. The molecule has 28 heavy (non-hydrogen) atoms. The van der Waals surface area contributed by atoms with E-state index in [1.807, 2.05) is 6.92 Å². The normalized spacial score (nSPS) is 15.9. The van der Waals surface area contributed by atoms with Gasteiger partial charge in [0.2, 0.25) is 15.9 Å². The lowest BCUT2D eigenvalue weighted by Crippen LogP contribution is -2.41. The van der Waals surface area contributed by atoms with Gasteiger partial charge in [-0.1, -0.05) is 17.7 Å². The number of Topliss-reactive ketones (excluding diaryl/α,β-unsaturated/α-hetero) is 1. The van der Waals surface area contributed by atoms with Gasteiger partial charge in [-0.05, 0) is 63.1 Å². The molecule has 0 bridgehead atoms. The second-order valence-electron chi connectivity index (χ2n) is 7.11. The first kappa shape index (κ1) is 20.2. The molecule has 148 valence electrons. The number of benzene rings is 2. The number of ketones is 1. The minimum Gasteiger partial charge on any atom is -0.326 e. The monoisotopic (exact) mass is 400 g/mol. The topological polar surface area (TPSA) is 83.6 Å². The van der Waals surface area contributed by atoms with Gasteiger partial charge in [0.1, 0.15) is 0 Å². The average Bonchev–Trinajstić information content (AvgIpc) is 2.69. The minimum absolute atomic E-state index is 0.0277. The molecule has 1 aliphatic heterocycles. The van der Waals surface area contributed by atoms with Crippen LogP contribution < -0.4 is 5.32 Å². The number of sulfonamides is 1. The summed E-state index contributed by atoms with van der Waals surface area (Å²) in [5.74, 6) is -0.389. The van der Waals surface area contributed by atoms with Crippen LogP contribution in [0.3, 0.4) is 0 Å². The van der Waals surface area contributed by atoms with Crippen molar-refractivity contribution in [2.45, 2.75) is 31.6 Å². The maximum Gasteiger partial charge on any atom is 0.243 e. The Hall–Kier alpha value is -2.51. The second-order valence-corrected chi connectivity index (χ2v) is 9.05. The highest BCUT2D eigenvalue weighted by molar-refractivity contribution is 7.89. The summed E-state index contributed by atoms with van der Waals surface area (Å²) in [6.07, 6.45) is 0.949. The molecule has 7 heteroatoms. The van der Waals surface area contributed by atoms with E-state index in [1.165, 1.54) is 11.2 Å². The van der Waals surface area contributed by atoms with Crippen molar-refractivity contribution in [1.29, 1.82) is 0 Å². The van der Waals surface area contributed by atoms with Crippen LogP contribution >= 0.6 is 0 Å². The van der Waals surface area contributed by atoms with Crippen LogP contribution in [-0.4, -0.2) is 37.5 Å². The molecule has 0 atom stereocenters. The number of carbonyl (C=O) groups is 2. The zero-order valence-corrected chi connectivity index (χ0v) is 16.8. The molecule has 1 saturated heterocycles. The number of nitrogens with one attached hydrogen (secondary N) is 1. The van der Waals surface area contributed by atoms with Crippen molar-refractivity contribution in [2.24, 2.45) is 5.92 Å². The zero-order chi connectivity index (χ0) is 20.3. The molecule has 0 spiro atoms. The Labute approximate surface area is 165 Å². The number of nitrogens with zero attached hydrogens (tertiary/aromatic N) is 1. The predicted octanol–water partition coefficient (Wildman–Crippen LogP) is 3.24. The molecule has 0 unspecified atom stereocenters. The lowest BCUT2D eigenvalue weighted by atomic mass is 9.97. The number of rotatable bonds is 5. The lowest BCUT2D eigenvalue weighted by molar-refractivity contribution is -0.120. The first-order valence-corrected chi connectivity index (χ1v) is 10.7. The van der Waals surface area contributed by atoms with Crippen molar-refractivity contribution in [3.05, 3.63) is 59.7 Å². The maximum absolute atomic E-state index is 12.8. The highest BCUT2D eigenvalue weighted by Crippen LogP contribution is 2.25. The van der Waals surface area contributed by atoms with Crippen LogP contribution in [0.1, 0.15) is 35.7 Å². The first-order chi connectivity index (χ1) is 13.3. The molecule has 2 aromatic carbocycles. The molecule has 1 N–H and O–H groups in total. The number of amides is 1. The molecule has 2 aromatic rings. The highest BCUT2D eigenvalue weighted by Gasteiger charge is 2.32. The van der Waals surface area contributed by atoms with E-state index >= 15 is 0 Å². The van der Waals surface area contributed by atoms with E-state index in [4.69, 9.17) is 0 Å². The lowest BCUT2D eigenvalue weighted by Gasteiger charge is -2.30. The Morgan fingerprint density at radius 3 is 2.07 bits per heavy atom. The summed E-state index contributed by atoms with van der Waals surface area (Å²) in [4.78, 5) is 24.1. The number of hydrogen-bond donors (Lipinski definition) is 1. The maximum atomic E-state index is 12.8. The minimum atomic E-state index is -3.53. The molecule has 6 nitrogen and oxygen atoms in total. The fraction of sp³-hybridized carbons (Fsp3) is 0.333. The Morgan fingerprint density at radius 1 is 0.964 bits per heavy atom. The van der Waals surface area contributed by atoms with Gasteiger partial charge in [-0.3, -0.25) is 9.59 Å². The van der Waals surface area contributed by atoms with Crippen molar-refractivity contribution in [2.75, 3.05) is 18.4 Å². The molecule has 0 radical (unpaired) electrons. The van der Waals surface area contributed by atoms with Crippen LogP contribution in [-0.2, 0) is 14.8 Å². The van der Waals surface area contributed by atoms with Crippen LogP contribution in [0.2, 0.25) is 0 Å². The number of carbonyl (C=O) groups excluding carboxylic acids is 2. The predicted molar refractivity (Wildman–Crippen MR) is 108 cm³/mol. The summed E-state index contributed by atoms with van der Waals surface area (Å²) < 4.78 is 26.9. The van der Waals surface area contributed by atoms with Gasteiger partial charge in [-0.15, -0.1) is 0 Å². The Kier molecular flexibility index (Phi) is 5.96. The molecule has 1 amide bonds. The number of piperidine rings is 1. The molecule has 1 aliphatic rings. The SMILES string of the molecule is CC(=O)c1ccc(NC(=O)C2CCN(S(=O)(=O)c3ccc(C)cc3)CC2)cc1. The van der Waals surface area contributed by atoms with Gasteiger partial charge < -0.3 is 5.32 Å². The first-order valence-electron chi connectivity index (χ1n) is 9.26. The summed E-state index contributed by atoms with van der Waals surface area (Å²) in [6.45, 7) is 4.04. The van der Waals surface area contributed by atoms with Gasteiger partial charge in [-0.2, -0.15) is 4.31 Å². The van der Waals surface area contributed by atoms with E-state index in [1.54, 1.807) is 48.5 Å². The van der Waals surface area contributed by atoms with Crippen molar-refractivity contribution in [3.63, 3.8) is 0 Å². The second kappa shape index (κ2) is 8.24. The van der Waals surface area contributed by atoms with E-state index in [0.29, 0.717) is 37.2 Å². The van der Waals surface area contributed by atoms with E-state index < -0.39 is 10.0 Å². The quantitative estimate of drug-likeness (QED) is 0.781. The van der Waals surface area contributed by atoms with Crippen LogP contribution in [0.15, 0.2) is 53.4 Å². The van der Waals surface area contributed by atoms with Gasteiger partial charge in [0.15, 0.2) is 5.78 Å². The van der Waals surface area contributed by atoms with Crippen LogP contribution in [0, 0.1) is 12.8 Å². The fourth-order valence-electron chi connectivity index (χ4n) is 3.25. The molecule has 0 aromatic heterocycles. The summed E-state index contributed by atoms with van der Waals surface area (Å²) in [5, 5.41) is 2.85. The standard InChI is InChI=1S/C21H24N2O4S/c1-15-3-9-20(10-4-15)28(26,27)23-13-11-18(12-14-23)21(25)22-19-7-5-17(6-8-19)16(2)24/h3-10,18H,11-14H2,1-2H3,(H,22,25). The number of hydrogen-bond acceptors (Lipinski definition) is 4. The summed E-state index contributed by atoms with van der Waals surface area (Å²) >= 11 is 0. The van der Waals surface area contributed by atoms with E-state index in [9.17, 15) is 18.0 Å². The molecular weight excluding hydrogens is 376 g/mol. The van der Waals surface area contributed by atoms with Crippen LogP contribution in [0.5, 0.6) is 0 Å². The average molecular weight is 401 g/mol. The zero-order valence-electron chi connectivity index (χ0n) is 16.0. The fourth-order valence-corrected chi connectivity index (χ4v) is 4.72. The molecule has 1 fully saturated rings. The highest BCUT2D eigenvalue weighted by atomic mass is 32.2. The Bertz CT molecular complexity index is 958. The van der Waals surface area contributed by atoms with Gasteiger partial charge in [0.25, 0.3) is 0 Å². The van der Waals surface area contributed by atoms with Crippen LogP contribution in [0.25, 0.3) is 0 Å². The third kappa shape index (κ3) is 4.48. The van der Waals surface area contributed by atoms with Gasteiger partial charge in [0.05, 0.1) is 4.90 Å².